The van der Waals surface area contributed by atoms with E-state index in [0.717, 1.165) is 11.5 Å². The molecule has 0 saturated heterocycles. The summed E-state index contributed by atoms with van der Waals surface area (Å²) in [5, 5.41) is 4.31. The Morgan fingerprint density at radius 1 is 0.438 bits per heavy atom. The minimum absolute atomic E-state index is 0.874. The lowest BCUT2D eigenvalue weighted by atomic mass is 9.99. The highest BCUT2D eigenvalue weighted by Crippen LogP contribution is 2.41. The van der Waals surface area contributed by atoms with E-state index in [0.29, 0.717) is 0 Å². The molecule has 2 heterocycles. The Balaban J connectivity index is 1.45. The van der Waals surface area contributed by atoms with Crippen molar-refractivity contribution in [2.24, 2.45) is 0 Å². The first-order valence-electron chi connectivity index (χ1n) is 10.3. The van der Waals surface area contributed by atoms with Gasteiger partial charge in [-0.2, -0.15) is 0 Å². The second kappa shape index (κ2) is 9.03. The van der Waals surface area contributed by atoms with E-state index < -0.39 is 0 Å². The molecule has 5 rings (SSSR count). The Labute approximate surface area is 196 Å². The van der Waals surface area contributed by atoms with Crippen LogP contribution in [-0.4, -0.2) is 14.2 Å². The van der Waals surface area contributed by atoms with Crippen molar-refractivity contribution >= 4 is 22.7 Å². The third kappa shape index (κ3) is 3.95. The van der Waals surface area contributed by atoms with Crippen molar-refractivity contribution in [3.63, 3.8) is 0 Å². The largest absolute Gasteiger partial charge is 0.497 e. The fourth-order valence-corrected chi connectivity index (χ4v) is 5.68. The van der Waals surface area contributed by atoms with Crippen LogP contribution in [0, 0.1) is 0 Å². The molecule has 32 heavy (non-hydrogen) atoms. The molecule has 0 bridgehead atoms. The Morgan fingerprint density at radius 2 is 0.781 bits per heavy atom. The Bertz CT molecular complexity index is 1210. The van der Waals surface area contributed by atoms with Crippen LogP contribution in [0.1, 0.15) is 0 Å². The first-order chi connectivity index (χ1) is 15.8. The van der Waals surface area contributed by atoms with Gasteiger partial charge < -0.3 is 9.47 Å². The van der Waals surface area contributed by atoms with Gasteiger partial charge in [0.2, 0.25) is 0 Å². The topological polar surface area (TPSA) is 18.5 Å². The van der Waals surface area contributed by atoms with E-state index in [1.807, 2.05) is 24.3 Å². The zero-order valence-electron chi connectivity index (χ0n) is 17.9. The van der Waals surface area contributed by atoms with Crippen molar-refractivity contribution in [3.05, 3.63) is 95.7 Å². The summed E-state index contributed by atoms with van der Waals surface area (Å²) in [5.41, 5.74) is 7.37. The van der Waals surface area contributed by atoms with Crippen LogP contribution in [0.3, 0.4) is 0 Å². The van der Waals surface area contributed by atoms with Crippen molar-refractivity contribution in [3.8, 4) is 54.6 Å². The van der Waals surface area contributed by atoms with Crippen LogP contribution < -0.4 is 9.47 Å². The van der Waals surface area contributed by atoms with E-state index in [1.54, 1.807) is 36.9 Å². The summed E-state index contributed by atoms with van der Waals surface area (Å²) in [4.78, 5) is 2.56. The molecule has 0 atom stereocenters. The molecule has 0 radical (unpaired) electrons. The average Bonchev–Trinajstić information content (AvgIpc) is 3.54. The van der Waals surface area contributed by atoms with Crippen LogP contribution in [-0.2, 0) is 0 Å². The molecule has 158 valence electrons. The summed E-state index contributed by atoms with van der Waals surface area (Å²) in [6.45, 7) is 0. The van der Waals surface area contributed by atoms with Crippen LogP contribution in [0.5, 0.6) is 11.5 Å². The SMILES string of the molecule is COc1ccc(-c2ccsc2-c2ccc(-c3sccc3-c3ccc(OC)cc3)cc2)cc1. The minimum atomic E-state index is 0.874. The predicted molar refractivity (Wildman–Crippen MR) is 137 cm³/mol. The Morgan fingerprint density at radius 3 is 1.12 bits per heavy atom. The number of ether oxygens (including phenoxy) is 2. The number of hydrogen-bond donors (Lipinski definition) is 0. The molecule has 3 aromatic carbocycles. The summed E-state index contributed by atoms with van der Waals surface area (Å²) in [7, 11) is 3.39. The van der Waals surface area contributed by atoms with Crippen molar-refractivity contribution < 1.29 is 9.47 Å². The van der Waals surface area contributed by atoms with Gasteiger partial charge in [-0.1, -0.05) is 48.5 Å². The monoisotopic (exact) mass is 454 g/mol. The van der Waals surface area contributed by atoms with Crippen LogP contribution in [0.25, 0.3) is 43.1 Å². The van der Waals surface area contributed by atoms with Crippen molar-refractivity contribution in [2.45, 2.75) is 0 Å². The molecule has 0 saturated carbocycles. The first kappa shape index (κ1) is 20.6. The molecular weight excluding hydrogens is 432 g/mol. The Kier molecular flexibility index (Phi) is 5.80. The smallest absolute Gasteiger partial charge is 0.118 e. The maximum Gasteiger partial charge on any atom is 0.118 e. The minimum Gasteiger partial charge on any atom is -0.497 e. The highest BCUT2D eigenvalue weighted by Gasteiger charge is 2.12. The summed E-state index contributed by atoms with van der Waals surface area (Å²) >= 11 is 3.55. The zero-order chi connectivity index (χ0) is 21.9. The van der Waals surface area contributed by atoms with Crippen molar-refractivity contribution in [2.75, 3.05) is 14.2 Å². The number of rotatable bonds is 6. The molecule has 2 aromatic heterocycles. The lowest BCUT2D eigenvalue weighted by molar-refractivity contribution is 0.415. The van der Waals surface area contributed by atoms with E-state index in [9.17, 15) is 0 Å². The standard InChI is InChI=1S/C28H22O2S2/c1-29-23-11-7-19(8-12-23)25-15-17-31-27(25)21-3-5-22(6-4-21)28-26(16-18-32-28)20-9-13-24(30-2)14-10-20/h3-18H,1-2H3. The van der Waals surface area contributed by atoms with Gasteiger partial charge in [0.15, 0.2) is 0 Å². The number of hydrogen-bond acceptors (Lipinski definition) is 4. The molecule has 0 aliphatic carbocycles. The maximum absolute atomic E-state index is 5.30. The lowest BCUT2D eigenvalue weighted by Crippen LogP contribution is -1.84. The molecule has 0 aliphatic heterocycles. The molecule has 2 nitrogen and oxygen atoms in total. The van der Waals surface area contributed by atoms with Gasteiger partial charge in [-0.05, 0) is 69.4 Å². The fraction of sp³-hybridized carbons (Fsp3) is 0.0714. The summed E-state index contributed by atoms with van der Waals surface area (Å²) < 4.78 is 10.6. The third-order valence-electron chi connectivity index (χ3n) is 5.54. The lowest BCUT2D eigenvalue weighted by Gasteiger charge is -2.09. The van der Waals surface area contributed by atoms with E-state index in [1.165, 1.54) is 43.1 Å². The highest BCUT2D eigenvalue weighted by atomic mass is 32.1. The molecule has 0 amide bonds. The third-order valence-corrected chi connectivity index (χ3v) is 7.47. The van der Waals surface area contributed by atoms with Gasteiger partial charge >= 0.3 is 0 Å². The number of thiophene rings is 2. The molecule has 0 fully saturated rings. The quantitative estimate of drug-likeness (QED) is 0.256. The molecule has 0 N–H and O–H groups in total. The Hall–Kier alpha value is -3.34. The molecule has 0 unspecified atom stereocenters. The van der Waals surface area contributed by atoms with Crippen LogP contribution in [0.15, 0.2) is 95.7 Å². The van der Waals surface area contributed by atoms with E-state index in [-0.39, 0.29) is 0 Å². The van der Waals surface area contributed by atoms with Gasteiger partial charge in [0.05, 0.1) is 14.2 Å². The maximum atomic E-state index is 5.30. The van der Waals surface area contributed by atoms with E-state index in [4.69, 9.17) is 9.47 Å². The second-order valence-electron chi connectivity index (χ2n) is 7.36. The first-order valence-corrected chi connectivity index (χ1v) is 12.1. The molecule has 0 spiro atoms. The fourth-order valence-electron chi connectivity index (χ4n) is 3.83. The molecule has 4 heteroatoms. The van der Waals surface area contributed by atoms with Crippen molar-refractivity contribution in [1.29, 1.82) is 0 Å². The summed E-state index contributed by atoms with van der Waals surface area (Å²) in [5.74, 6) is 1.75. The van der Waals surface area contributed by atoms with Crippen LogP contribution >= 0.6 is 22.7 Å². The molecular formula is C28H22O2S2. The van der Waals surface area contributed by atoms with Gasteiger partial charge in [0.1, 0.15) is 11.5 Å². The van der Waals surface area contributed by atoms with Gasteiger partial charge in [-0.25, -0.2) is 0 Å². The van der Waals surface area contributed by atoms with Crippen LogP contribution in [0.2, 0.25) is 0 Å². The van der Waals surface area contributed by atoms with Gasteiger partial charge in [-0.3, -0.25) is 0 Å². The number of benzene rings is 3. The van der Waals surface area contributed by atoms with Gasteiger partial charge in [0.25, 0.3) is 0 Å². The van der Waals surface area contributed by atoms with Crippen LogP contribution in [0.4, 0.5) is 0 Å². The van der Waals surface area contributed by atoms with Gasteiger partial charge in [-0.15, -0.1) is 22.7 Å². The molecule has 5 aromatic rings. The number of methoxy groups -OCH3 is 2. The second-order valence-corrected chi connectivity index (χ2v) is 9.19. The summed E-state index contributed by atoms with van der Waals surface area (Å²) in [6, 6.07) is 29.8. The normalized spacial score (nSPS) is 10.8. The molecule has 0 aliphatic rings. The van der Waals surface area contributed by atoms with E-state index in [2.05, 4.69) is 71.4 Å². The summed E-state index contributed by atoms with van der Waals surface area (Å²) in [6.07, 6.45) is 0. The zero-order valence-corrected chi connectivity index (χ0v) is 19.5. The highest BCUT2D eigenvalue weighted by molar-refractivity contribution is 7.14. The predicted octanol–water partition coefficient (Wildman–Crippen LogP) is 8.49. The van der Waals surface area contributed by atoms with Crippen molar-refractivity contribution in [1.82, 2.24) is 0 Å². The average molecular weight is 455 g/mol. The van der Waals surface area contributed by atoms with E-state index >= 15 is 0 Å². The van der Waals surface area contributed by atoms with Gasteiger partial charge in [0, 0.05) is 20.9 Å².